The van der Waals surface area contributed by atoms with E-state index in [1.807, 2.05) is 19.9 Å². The molecule has 0 bridgehead atoms. The van der Waals surface area contributed by atoms with Gasteiger partial charge in [0.1, 0.15) is 5.78 Å². The highest BCUT2D eigenvalue weighted by Crippen LogP contribution is 2.26. The summed E-state index contributed by atoms with van der Waals surface area (Å²) in [6.45, 7) is 6.76. The van der Waals surface area contributed by atoms with Gasteiger partial charge in [-0.1, -0.05) is 41.9 Å². The third-order valence-corrected chi connectivity index (χ3v) is 3.82. The van der Waals surface area contributed by atoms with Crippen molar-refractivity contribution in [2.75, 3.05) is 13.1 Å². The zero-order chi connectivity index (χ0) is 12.5. The lowest BCUT2D eigenvalue weighted by Crippen LogP contribution is -2.45. The van der Waals surface area contributed by atoms with Crippen LogP contribution in [0.2, 0.25) is 0 Å². The van der Waals surface area contributed by atoms with E-state index in [0.29, 0.717) is 12.2 Å². The standard InChI is InChI=1S/C14H18BrNO/c1-14(2)10-16(7-6-13(14)17)9-11-4-3-5-12(15)8-11/h3-5,8H,6-7,9-10H2,1-2H3. The van der Waals surface area contributed by atoms with Crippen molar-refractivity contribution in [1.82, 2.24) is 4.90 Å². The van der Waals surface area contributed by atoms with Crippen molar-refractivity contribution >= 4 is 21.7 Å². The molecule has 1 aliphatic heterocycles. The van der Waals surface area contributed by atoms with Gasteiger partial charge in [0.2, 0.25) is 0 Å². The van der Waals surface area contributed by atoms with E-state index in [-0.39, 0.29) is 5.41 Å². The van der Waals surface area contributed by atoms with E-state index in [1.54, 1.807) is 0 Å². The lowest BCUT2D eigenvalue weighted by molar-refractivity contribution is -0.131. The zero-order valence-corrected chi connectivity index (χ0v) is 12.0. The van der Waals surface area contributed by atoms with Gasteiger partial charge in [-0.25, -0.2) is 0 Å². The van der Waals surface area contributed by atoms with Gasteiger partial charge in [-0.15, -0.1) is 0 Å². The fraction of sp³-hybridized carbons (Fsp3) is 0.500. The molecular formula is C14H18BrNO. The highest BCUT2D eigenvalue weighted by atomic mass is 79.9. The van der Waals surface area contributed by atoms with Gasteiger partial charge in [-0.2, -0.15) is 0 Å². The van der Waals surface area contributed by atoms with Crippen LogP contribution in [0.25, 0.3) is 0 Å². The van der Waals surface area contributed by atoms with E-state index in [4.69, 9.17) is 0 Å². The molecule has 1 heterocycles. The van der Waals surface area contributed by atoms with Crippen LogP contribution in [0.1, 0.15) is 25.8 Å². The number of ketones is 1. The molecule has 0 amide bonds. The van der Waals surface area contributed by atoms with Crippen molar-refractivity contribution < 1.29 is 4.79 Å². The van der Waals surface area contributed by atoms with E-state index < -0.39 is 0 Å². The maximum absolute atomic E-state index is 11.7. The van der Waals surface area contributed by atoms with Gasteiger partial charge in [-0.3, -0.25) is 9.69 Å². The summed E-state index contributed by atoms with van der Waals surface area (Å²) in [5.74, 6) is 0.392. The minimum Gasteiger partial charge on any atom is -0.299 e. The highest BCUT2D eigenvalue weighted by Gasteiger charge is 2.33. The molecular weight excluding hydrogens is 278 g/mol. The second-order valence-corrected chi connectivity index (χ2v) is 6.31. The zero-order valence-electron chi connectivity index (χ0n) is 10.4. The van der Waals surface area contributed by atoms with Crippen LogP contribution in [-0.2, 0) is 11.3 Å². The number of halogens is 1. The first-order valence-corrected chi connectivity index (χ1v) is 6.77. The molecule has 17 heavy (non-hydrogen) atoms. The molecule has 1 fully saturated rings. The summed E-state index contributed by atoms with van der Waals surface area (Å²) < 4.78 is 1.11. The van der Waals surface area contributed by atoms with E-state index in [0.717, 1.165) is 24.1 Å². The molecule has 3 heteroatoms. The number of likely N-dealkylation sites (tertiary alicyclic amines) is 1. The minimum absolute atomic E-state index is 0.190. The highest BCUT2D eigenvalue weighted by molar-refractivity contribution is 9.10. The van der Waals surface area contributed by atoms with Gasteiger partial charge in [0, 0.05) is 35.9 Å². The smallest absolute Gasteiger partial charge is 0.141 e. The summed E-state index contributed by atoms with van der Waals surface area (Å²) in [4.78, 5) is 14.1. The van der Waals surface area contributed by atoms with Crippen molar-refractivity contribution in [2.45, 2.75) is 26.8 Å². The van der Waals surface area contributed by atoms with Crippen LogP contribution < -0.4 is 0 Å². The van der Waals surface area contributed by atoms with Crippen LogP contribution in [0, 0.1) is 5.41 Å². The Morgan fingerprint density at radius 3 is 2.82 bits per heavy atom. The van der Waals surface area contributed by atoms with Crippen LogP contribution in [-0.4, -0.2) is 23.8 Å². The van der Waals surface area contributed by atoms with Crippen LogP contribution in [0.3, 0.4) is 0 Å². The summed E-state index contributed by atoms with van der Waals surface area (Å²) in [6.07, 6.45) is 0.682. The first-order chi connectivity index (χ1) is 7.97. The maximum Gasteiger partial charge on any atom is 0.141 e. The van der Waals surface area contributed by atoms with Crippen molar-refractivity contribution in [3.63, 3.8) is 0 Å². The second-order valence-electron chi connectivity index (χ2n) is 5.40. The monoisotopic (exact) mass is 295 g/mol. The minimum atomic E-state index is -0.190. The Kier molecular flexibility index (Phi) is 3.69. The lowest BCUT2D eigenvalue weighted by atomic mass is 9.82. The van der Waals surface area contributed by atoms with Crippen molar-refractivity contribution in [3.8, 4) is 0 Å². The second kappa shape index (κ2) is 4.91. The molecule has 0 aliphatic carbocycles. The number of benzene rings is 1. The number of carbonyl (C=O) groups is 1. The summed E-state index contributed by atoms with van der Waals surface area (Å²) in [6, 6.07) is 8.37. The molecule has 0 atom stereocenters. The van der Waals surface area contributed by atoms with Crippen molar-refractivity contribution in [1.29, 1.82) is 0 Å². The quantitative estimate of drug-likeness (QED) is 0.835. The number of carbonyl (C=O) groups excluding carboxylic acids is 1. The Morgan fingerprint density at radius 2 is 2.18 bits per heavy atom. The third-order valence-electron chi connectivity index (χ3n) is 3.32. The molecule has 1 saturated heterocycles. The molecule has 0 N–H and O–H groups in total. The molecule has 0 aromatic heterocycles. The first kappa shape index (κ1) is 12.8. The van der Waals surface area contributed by atoms with Crippen LogP contribution >= 0.6 is 15.9 Å². The Labute approximate surface area is 111 Å². The molecule has 0 spiro atoms. The number of Topliss-reactive ketones (excluding diaryl/α,β-unsaturated/α-hetero) is 1. The predicted molar refractivity (Wildman–Crippen MR) is 72.8 cm³/mol. The SMILES string of the molecule is CC1(C)CN(Cc2cccc(Br)c2)CCC1=O. The fourth-order valence-corrected chi connectivity index (χ4v) is 2.80. The average Bonchev–Trinajstić information content (AvgIpc) is 2.23. The van der Waals surface area contributed by atoms with Gasteiger partial charge >= 0.3 is 0 Å². The Morgan fingerprint density at radius 1 is 1.41 bits per heavy atom. The Bertz CT molecular complexity index is 428. The topological polar surface area (TPSA) is 20.3 Å². The first-order valence-electron chi connectivity index (χ1n) is 5.97. The maximum atomic E-state index is 11.7. The van der Waals surface area contributed by atoms with Gasteiger partial charge in [-0.05, 0) is 17.7 Å². The fourth-order valence-electron chi connectivity index (χ4n) is 2.35. The van der Waals surface area contributed by atoms with Gasteiger partial charge in [0.15, 0.2) is 0 Å². The lowest BCUT2D eigenvalue weighted by Gasteiger charge is -2.36. The van der Waals surface area contributed by atoms with Crippen LogP contribution in [0.5, 0.6) is 0 Å². The molecule has 2 rings (SSSR count). The number of rotatable bonds is 2. The third kappa shape index (κ3) is 3.17. The molecule has 1 aromatic rings. The van der Waals surface area contributed by atoms with Crippen molar-refractivity contribution in [2.24, 2.45) is 5.41 Å². The molecule has 0 unspecified atom stereocenters. The van der Waals surface area contributed by atoms with Gasteiger partial charge in [0.05, 0.1) is 0 Å². The van der Waals surface area contributed by atoms with E-state index in [9.17, 15) is 4.79 Å². The van der Waals surface area contributed by atoms with Gasteiger partial charge < -0.3 is 0 Å². The van der Waals surface area contributed by atoms with Crippen molar-refractivity contribution in [3.05, 3.63) is 34.3 Å². The average molecular weight is 296 g/mol. The Hall–Kier alpha value is -0.670. The summed E-state index contributed by atoms with van der Waals surface area (Å²) in [5, 5.41) is 0. The number of hydrogen-bond acceptors (Lipinski definition) is 2. The normalized spacial score (nSPS) is 20.5. The molecule has 92 valence electrons. The molecule has 2 nitrogen and oxygen atoms in total. The largest absolute Gasteiger partial charge is 0.299 e. The number of hydrogen-bond donors (Lipinski definition) is 0. The number of nitrogens with zero attached hydrogens (tertiary/aromatic N) is 1. The molecule has 0 radical (unpaired) electrons. The van der Waals surface area contributed by atoms with Gasteiger partial charge in [0.25, 0.3) is 0 Å². The Balaban J connectivity index is 2.03. The molecule has 1 aliphatic rings. The summed E-state index contributed by atoms with van der Waals surface area (Å²) >= 11 is 3.49. The van der Waals surface area contributed by atoms with Crippen LogP contribution in [0.4, 0.5) is 0 Å². The molecule has 1 aromatic carbocycles. The number of piperidine rings is 1. The van der Waals surface area contributed by atoms with E-state index in [2.05, 4.69) is 39.0 Å². The van der Waals surface area contributed by atoms with Crippen LogP contribution in [0.15, 0.2) is 28.7 Å². The van der Waals surface area contributed by atoms with E-state index in [1.165, 1.54) is 5.56 Å². The predicted octanol–water partition coefficient (Wildman–Crippen LogP) is 3.25. The summed E-state index contributed by atoms with van der Waals surface area (Å²) in [5.41, 5.74) is 1.11. The summed E-state index contributed by atoms with van der Waals surface area (Å²) in [7, 11) is 0. The molecule has 0 saturated carbocycles. The van der Waals surface area contributed by atoms with E-state index >= 15 is 0 Å².